The quantitative estimate of drug-likeness (QED) is 0.472. The van der Waals surface area contributed by atoms with Gasteiger partial charge in [-0.1, -0.05) is 0 Å². The summed E-state index contributed by atoms with van der Waals surface area (Å²) in [5.74, 6) is 0. The molecule has 1 atom stereocenters. The van der Waals surface area contributed by atoms with Crippen molar-refractivity contribution in [1.29, 1.82) is 0 Å². The van der Waals surface area contributed by atoms with Crippen LogP contribution < -0.4 is 0 Å². The largest absolute Gasteiger partial charge is 0.393 e. The van der Waals surface area contributed by atoms with E-state index in [2.05, 4.69) is 6.92 Å². The molecule has 5 heavy (non-hydrogen) atoms. The number of hydrogen-bond donors (Lipinski definition) is 1. The van der Waals surface area contributed by atoms with Gasteiger partial charge in [-0.2, -0.15) is 0 Å². The first-order chi connectivity index (χ1) is 2.27. The van der Waals surface area contributed by atoms with Crippen LogP contribution >= 0.6 is 0 Å². The Kier molecular flexibility index (Phi) is 2.10. The topological polar surface area (TPSA) is 20.2 Å². The van der Waals surface area contributed by atoms with Crippen molar-refractivity contribution >= 4 is 0 Å². The van der Waals surface area contributed by atoms with Gasteiger partial charge in [0.25, 0.3) is 0 Å². The predicted octanol–water partition coefficient (Wildman–Crippen LogP) is 0.151. The molecule has 0 bridgehead atoms. The highest BCUT2D eigenvalue weighted by molar-refractivity contribution is 4.50. The SMILES string of the molecule is [CH2][C@H](F)CO. The Balaban J connectivity index is 2.54. The van der Waals surface area contributed by atoms with E-state index < -0.39 is 12.8 Å². The van der Waals surface area contributed by atoms with E-state index in [9.17, 15) is 4.39 Å². The van der Waals surface area contributed by atoms with Gasteiger partial charge in [-0.25, -0.2) is 4.39 Å². The Morgan fingerprint density at radius 1 is 2.00 bits per heavy atom. The number of rotatable bonds is 1. The van der Waals surface area contributed by atoms with Crippen LogP contribution in [0.15, 0.2) is 0 Å². The summed E-state index contributed by atoms with van der Waals surface area (Å²) in [5.41, 5.74) is 0. The van der Waals surface area contributed by atoms with E-state index in [1.807, 2.05) is 0 Å². The second kappa shape index (κ2) is 2.15. The maximum atomic E-state index is 11.1. The molecule has 0 unspecified atom stereocenters. The average Bonchev–Trinajstić information content (AvgIpc) is 1.38. The summed E-state index contributed by atoms with van der Waals surface area (Å²) in [6.45, 7) is 2.37. The minimum Gasteiger partial charge on any atom is -0.393 e. The molecule has 31 valence electrons. The Hall–Kier alpha value is -0.110. The molecule has 0 spiro atoms. The molecule has 0 rings (SSSR count). The summed E-state index contributed by atoms with van der Waals surface area (Å²) in [4.78, 5) is 0. The number of halogens is 1. The molecule has 1 N–H and O–H groups in total. The summed E-state index contributed by atoms with van der Waals surface area (Å²) >= 11 is 0. The molecule has 0 aromatic rings. The third kappa shape index (κ3) is 3.89. The van der Waals surface area contributed by atoms with E-state index in [4.69, 9.17) is 5.11 Å². The van der Waals surface area contributed by atoms with E-state index in [1.165, 1.54) is 0 Å². The van der Waals surface area contributed by atoms with E-state index >= 15 is 0 Å². The third-order valence-electron chi connectivity index (χ3n) is 0.198. The molecular weight excluding hydrogens is 71.0 g/mol. The molecule has 0 aliphatic rings. The van der Waals surface area contributed by atoms with Crippen LogP contribution in [0.5, 0.6) is 0 Å². The second-order valence-corrected chi connectivity index (χ2v) is 0.780. The van der Waals surface area contributed by atoms with E-state index in [1.54, 1.807) is 0 Å². The maximum Gasteiger partial charge on any atom is 0.123 e. The van der Waals surface area contributed by atoms with Crippen LogP contribution in [0.3, 0.4) is 0 Å². The first-order valence-corrected chi connectivity index (χ1v) is 1.35. The summed E-state index contributed by atoms with van der Waals surface area (Å²) in [6, 6.07) is 0. The molecule has 0 aliphatic carbocycles. The van der Waals surface area contributed by atoms with Gasteiger partial charge in [-0.3, -0.25) is 0 Å². The monoisotopic (exact) mass is 77.0 g/mol. The van der Waals surface area contributed by atoms with Gasteiger partial charge >= 0.3 is 0 Å². The standard InChI is InChI=1S/C3H6FO/c1-3(4)2-5/h3,5H,1-2H2/t3-/m0/s1. The minimum atomic E-state index is -1.31. The summed E-state index contributed by atoms with van der Waals surface area (Å²) in [5, 5.41) is 7.71. The van der Waals surface area contributed by atoms with E-state index in [-0.39, 0.29) is 0 Å². The zero-order valence-corrected chi connectivity index (χ0v) is 2.82. The lowest BCUT2D eigenvalue weighted by Crippen LogP contribution is -1.97. The Labute approximate surface area is 30.4 Å². The van der Waals surface area contributed by atoms with Crippen LogP contribution in [-0.4, -0.2) is 17.9 Å². The van der Waals surface area contributed by atoms with Crippen LogP contribution in [0.25, 0.3) is 0 Å². The van der Waals surface area contributed by atoms with Crippen molar-refractivity contribution in [2.45, 2.75) is 6.17 Å². The second-order valence-electron chi connectivity index (χ2n) is 0.780. The maximum absolute atomic E-state index is 11.1. The Bertz CT molecular complexity index is 20.9. The molecule has 1 nitrogen and oxygen atoms in total. The van der Waals surface area contributed by atoms with Crippen molar-refractivity contribution < 1.29 is 9.50 Å². The molecule has 1 radical (unpaired) electrons. The highest BCUT2D eigenvalue weighted by Crippen LogP contribution is 1.78. The first-order valence-electron chi connectivity index (χ1n) is 1.35. The molecule has 0 aromatic carbocycles. The van der Waals surface area contributed by atoms with Crippen molar-refractivity contribution in [2.75, 3.05) is 6.61 Å². The number of aliphatic hydroxyl groups is 1. The van der Waals surface area contributed by atoms with Gasteiger partial charge in [0.1, 0.15) is 6.17 Å². The molecule has 0 saturated carbocycles. The molecular formula is C3H6FO. The van der Waals surface area contributed by atoms with Crippen LogP contribution in [0.4, 0.5) is 4.39 Å². The van der Waals surface area contributed by atoms with Crippen molar-refractivity contribution in [3.8, 4) is 0 Å². The molecule has 0 amide bonds. The molecule has 0 heterocycles. The summed E-state index contributed by atoms with van der Waals surface area (Å²) in [6.07, 6.45) is -1.31. The van der Waals surface area contributed by atoms with Gasteiger partial charge in [0.2, 0.25) is 0 Å². The summed E-state index contributed by atoms with van der Waals surface area (Å²) < 4.78 is 11.1. The van der Waals surface area contributed by atoms with Gasteiger partial charge in [0.05, 0.1) is 6.61 Å². The lowest BCUT2D eigenvalue weighted by molar-refractivity contribution is 0.208. The number of alkyl halides is 1. The zero-order valence-electron chi connectivity index (χ0n) is 2.82. The lowest BCUT2D eigenvalue weighted by Gasteiger charge is -1.85. The minimum absolute atomic E-state index is 0.472. The fourth-order valence-electron chi connectivity index (χ4n) is 0. The van der Waals surface area contributed by atoms with Gasteiger partial charge in [0, 0.05) is 0 Å². The first kappa shape index (κ1) is 4.89. The van der Waals surface area contributed by atoms with Gasteiger partial charge in [0.15, 0.2) is 0 Å². The Morgan fingerprint density at radius 2 is 2.20 bits per heavy atom. The summed E-state index contributed by atoms with van der Waals surface area (Å²) in [7, 11) is 0. The van der Waals surface area contributed by atoms with Crippen molar-refractivity contribution in [3.05, 3.63) is 6.92 Å². The number of aliphatic hydroxyl groups excluding tert-OH is 1. The molecule has 2 heteroatoms. The van der Waals surface area contributed by atoms with Crippen LogP contribution in [0.1, 0.15) is 0 Å². The van der Waals surface area contributed by atoms with Gasteiger partial charge < -0.3 is 5.11 Å². The average molecular weight is 77.1 g/mol. The molecule has 0 aromatic heterocycles. The molecule has 0 saturated heterocycles. The van der Waals surface area contributed by atoms with Gasteiger partial charge in [-0.05, 0) is 6.92 Å². The highest BCUT2D eigenvalue weighted by atomic mass is 19.1. The van der Waals surface area contributed by atoms with Crippen LogP contribution in [0.2, 0.25) is 0 Å². The molecule has 0 fully saturated rings. The van der Waals surface area contributed by atoms with Crippen molar-refractivity contribution in [1.82, 2.24) is 0 Å². The smallest absolute Gasteiger partial charge is 0.123 e. The lowest BCUT2D eigenvalue weighted by atomic mass is 10.5. The Morgan fingerprint density at radius 3 is 2.20 bits per heavy atom. The van der Waals surface area contributed by atoms with Crippen LogP contribution in [-0.2, 0) is 0 Å². The van der Waals surface area contributed by atoms with E-state index in [0.717, 1.165) is 0 Å². The van der Waals surface area contributed by atoms with E-state index in [0.29, 0.717) is 0 Å². The molecule has 0 aliphatic heterocycles. The highest BCUT2D eigenvalue weighted by Gasteiger charge is 1.87. The normalized spacial score (nSPS) is 15.0. The van der Waals surface area contributed by atoms with Crippen molar-refractivity contribution in [3.63, 3.8) is 0 Å². The van der Waals surface area contributed by atoms with Crippen molar-refractivity contribution in [2.24, 2.45) is 0 Å². The fraction of sp³-hybridized carbons (Fsp3) is 0.667. The zero-order chi connectivity index (χ0) is 4.28. The van der Waals surface area contributed by atoms with Gasteiger partial charge in [-0.15, -0.1) is 0 Å². The predicted molar refractivity (Wildman–Crippen MR) is 17.3 cm³/mol. The fourth-order valence-corrected chi connectivity index (χ4v) is 0. The number of hydrogen-bond acceptors (Lipinski definition) is 1. The van der Waals surface area contributed by atoms with Crippen LogP contribution in [0, 0.1) is 6.92 Å². The third-order valence-corrected chi connectivity index (χ3v) is 0.198.